The fraction of sp³-hybridized carbons (Fsp3) is 0.455. The molecular formula is C11H17NO4S. The van der Waals surface area contributed by atoms with E-state index in [4.69, 9.17) is 5.21 Å². The van der Waals surface area contributed by atoms with E-state index < -0.39 is 29.2 Å². The van der Waals surface area contributed by atoms with Gasteiger partial charge in [-0.25, -0.2) is 10.4 Å². The van der Waals surface area contributed by atoms with E-state index in [0.717, 1.165) is 4.90 Å². The molecule has 0 bridgehead atoms. The van der Waals surface area contributed by atoms with Gasteiger partial charge in [-0.1, -0.05) is 18.2 Å². The summed E-state index contributed by atoms with van der Waals surface area (Å²) in [7, 11) is 0. The van der Waals surface area contributed by atoms with Gasteiger partial charge in [-0.15, -0.1) is 11.8 Å². The molecule has 0 amide bonds. The van der Waals surface area contributed by atoms with E-state index in [9.17, 15) is 15.4 Å². The van der Waals surface area contributed by atoms with Gasteiger partial charge in [0.15, 0.2) is 5.54 Å². The number of thioether (sulfide) groups is 1. The Balaban J connectivity index is 2.83. The number of aliphatic hydroxyl groups is 2. The predicted octanol–water partition coefficient (Wildman–Crippen LogP) is -0.338. The summed E-state index contributed by atoms with van der Waals surface area (Å²) in [6, 6.07) is 9.31. The predicted molar refractivity (Wildman–Crippen MR) is 64.8 cm³/mol. The number of hydrogen-bond donors (Lipinski definition) is 4. The van der Waals surface area contributed by atoms with E-state index in [1.165, 1.54) is 11.8 Å². The second-order valence-corrected chi connectivity index (χ2v) is 5.26. The lowest BCUT2D eigenvalue weighted by Gasteiger charge is -2.39. The van der Waals surface area contributed by atoms with Crippen LogP contribution in [-0.2, 0) is 0 Å². The van der Waals surface area contributed by atoms with E-state index in [-0.39, 0.29) is 0 Å². The number of hydrogen-bond acceptors (Lipinski definition) is 5. The van der Waals surface area contributed by atoms with Gasteiger partial charge in [0.25, 0.3) is 0 Å². The van der Waals surface area contributed by atoms with Crippen LogP contribution in [0, 0.1) is 5.21 Å². The smallest absolute Gasteiger partial charge is 0.185 e. The van der Waals surface area contributed by atoms with Crippen molar-refractivity contribution in [2.45, 2.75) is 22.6 Å². The SMILES string of the molecule is CC(Sc1ccccc1)C(CO)(CO)[NH+]([O-])O. The van der Waals surface area contributed by atoms with Gasteiger partial charge in [0.1, 0.15) is 13.2 Å². The van der Waals surface area contributed by atoms with Crippen molar-refractivity contribution in [2.75, 3.05) is 13.2 Å². The summed E-state index contributed by atoms with van der Waals surface area (Å²) in [5, 5.41) is 37.2. The van der Waals surface area contributed by atoms with Crippen LogP contribution in [0.25, 0.3) is 0 Å². The molecule has 0 aromatic heterocycles. The Morgan fingerprint density at radius 2 is 1.82 bits per heavy atom. The topological polar surface area (TPSA) is 88.2 Å². The Kier molecular flexibility index (Phi) is 5.38. The van der Waals surface area contributed by atoms with Crippen molar-refractivity contribution in [3.63, 3.8) is 0 Å². The number of aliphatic hydroxyl groups excluding tert-OH is 2. The summed E-state index contributed by atoms with van der Waals surface area (Å²) in [6.45, 7) is 0.526. The monoisotopic (exact) mass is 259 g/mol. The van der Waals surface area contributed by atoms with Crippen molar-refractivity contribution in [1.82, 2.24) is 0 Å². The van der Waals surface area contributed by atoms with E-state index in [2.05, 4.69) is 0 Å². The van der Waals surface area contributed by atoms with Crippen molar-refractivity contribution >= 4 is 11.8 Å². The largest absolute Gasteiger partial charge is 0.599 e. The number of nitrogens with one attached hydrogen (secondary N) is 1. The van der Waals surface area contributed by atoms with Crippen molar-refractivity contribution in [3.05, 3.63) is 35.5 Å². The molecule has 2 atom stereocenters. The molecule has 1 rings (SSSR count). The molecule has 0 saturated heterocycles. The third kappa shape index (κ3) is 3.19. The molecule has 1 aromatic rings. The van der Waals surface area contributed by atoms with E-state index in [1.54, 1.807) is 6.92 Å². The molecular weight excluding hydrogens is 242 g/mol. The first kappa shape index (κ1) is 14.4. The third-order valence-corrected chi connectivity index (χ3v) is 4.17. The molecule has 5 nitrogen and oxygen atoms in total. The van der Waals surface area contributed by atoms with E-state index in [0.29, 0.717) is 0 Å². The normalized spacial score (nSPS) is 15.6. The van der Waals surface area contributed by atoms with Gasteiger partial charge >= 0.3 is 0 Å². The summed E-state index contributed by atoms with van der Waals surface area (Å²) < 4.78 is 0. The van der Waals surface area contributed by atoms with Gasteiger partial charge in [0.2, 0.25) is 0 Å². The van der Waals surface area contributed by atoms with Crippen LogP contribution in [0.15, 0.2) is 35.2 Å². The molecule has 0 heterocycles. The molecule has 6 heteroatoms. The average molecular weight is 259 g/mol. The first-order valence-corrected chi connectivity index (χ1v) is 6.11. The second kappa shape index (κ2) is 6.34. The minimum Gasteiger partial charge on any atom is -0.599 e. The van der Waals surface area contributed by atoms with Crippen LogP contribution in [-0.4, -0.2) is 39.4 Å². The summed E-state index contributed by atoms with van der Waals surface area (Å²) in [5.41, 5.74) is -1.51. The fourth-order valence-electron chi connectivity index (χ4n) is 1.43. The first-order valence-electron chi connectivity index (χ1n) is 5.23. The van der Waals surface area contributed by atoms with Crippen LogP contribution < -0.4 is 5.23 Å². The highest BCUT2D eigenvalue weighted by Crippen LogP contribution is 2.28. The maximum atomic E-state index is 11.2. The molecule has 0 spiro atoms. The Morgan fingerprint density at radius 3 is 2.24 bits per heavy atom. The Morgan fingerprint density at radius 1 is 1.29 bits per heavy atom. The number of hydroxylamine groups is 2. The standard InChI is InChI=1S/C11H17NO4S/c1-9(11(7-13,8-14)12(15)16)17-10-5-3-2-4-6-10/h2-6,9,12-15H,7-8H2,1H3. The highest BCUT2D eigenvalue weighted by Gasteiger charge is 2.43. The molecule has 0 aliphatic rings. The van der Waals surface area contributed by atoms with Crippen molar-refractivity contribution in [1.29, 1.82) is 0 Å². The Bertz CT molecular complexity index is 330. The minimum absolute atomic E-state index is 0.433. The van der Waals surface area contributed by atoms with Crippen LogP contribution in [0.4, 0.5) is 0 Å². The summed E-state index contributed by atoms with van der Waals surface area (Å²) in [6.07, 6.45) is 0. The zero-order chi connectivity index (χ0) is 12.9. The minimum atomic E-state index is -1.51. The third-order valence-electron chi connectivity index (χ3n) is 2.82. The van der Waals surface area contributed by atoms with Crippen LogP contribution >= 0.6 is 11.8 Å². The van der Waals surface area contributed by atoms with Crippen LogP contribution in [0.3, 0.4) is 0 Å². The van der Waals surface area contributed by atoms with Gasteiger partial charge in [0.05, 0.1) is 5.25 Å². The molecule has 0 radical (unpaired) electrons. The Hall–Kier alpha value is -0.630. The fourth-order valence-corrected chi connectivity index (χ4v) is 2.63. The quantitative estimate of drug-likeness (QED) is 0.415. The van der Waals surface area contributed by atoms with Gasteiger partial charge in [-0.3, -0.25) is 0 Å². The lowest BCUT2D eigenvalue weighted by molar-refractivity contribution is -1.09. The number of rotatable bonds is 6. The summed E-state index contributed by atoms with van der Waals surface area (Å²) >= 11 is 1.33. The summed E-state index contributed by atoms with van der Waals surface area (Å²) in [4.78, 5) is 0.910. The second-order valence-electron chi connectivity index (χ2n) is 3.85. The molecule has 1 aromatic carbocycles. The Labute approximate surface area is 104 Å². The zero-order valence-electron chi connectivity index (χ0n) is 9.54. The van der Waals surface area contributed by atoms with Gasteiger partial charge in [0, 0.05) is 4.90 Å². The van der Waals surface area contributed by atoms with E-state index in [1.807, 2.05) is 30.3 Å². The molecule has 0 aliphatic carbocycles. The van der Waals surface area contributed by atoms with Crippen LogP contribution in [0.2, 0.25) is 0 Å². The zero-order valence-corrected chi connectivity index (χ0v) is 10.4. The molecule has 0 fully saturated rings. The number of quaternary nitrogens is 1. The van der Waals surface area contributed by atoms with Crippen LogP contribution in [0.5, 0.6) is 0 Å². The lowest BCUT2D eigenvalue weighted by Crippen LogP contribution is -3.17. The molecule has 96 valence electrons. The highest BCUT2D eigenvalue weighted by molar-refractivity contribution is 8.00. The molecule has 0 saturated carbocycles. The van der Waals surface area contributed by atoms with Gasteiger partial charge in [-0.05, 0) is 19.1 Å². The van der Waals surface area contributed by atoms with Crippen LogP contribution in [0.1, 0.15) is 6.92 Å². The van der Waals surface area contributed by atoms with E-state index >= 15 is 0 Å². The maximum Gasteiger partial charge on any atom is 0.185 e. The highest BCUT2D eigenvalue weighted by atomic mass is 32.2. The first-order chi connectivity index (χ1) is 8.06. The van der Waals surface area contributed by atoms with Gasteiger partial charge in [-0.2, -0.15) is 0 Å². The van der Waals surface area contributed by atoms with Crippen molar-refractivity contribution in [3.8, 4) is 0 Å². The summed E-state index contributed by atoms with van der Waals surface area (Å²) in [5.74, 6) is 0. The average Bonchev–Trinajstić information content (AvgIpc) is 2.32. The molecule has 17 heavy (non-hydrogen) atoms. The molecule has 0 aliphatic heterocycles. The molecule has 2 unspecified atom stereocenters. The van der Waals surface area contributed by atoms with Crippen molar-refractivity contribution < 1.29 is 20.6 Å². The van der Waals surface area contributed by atoms with Crippen molar-refractivity contribution in [2.24, 2.45) is 0 Å². The number of benzene rings is 1. The lowest BCUT2D eigenvalue weighted by atomic mass is 9.99. The van der Waals surface area contributed by atoms with Gasteiger partial charge < -0.3 is 15.4 Å². The maximum absolute atomic E-state index is 11.2. The molecule has 4 N–H and O–H groups in total.